The first-order valence-corrected chi connectivity index (χ1v) is 5.87. The Morgan fingerprint density at radius 2 is 2.12 bits per heavy atom. The molecular weight excluding hydrogens is 236 g/mol. The van der Waals surface area contributed by atoms with Gasteiger partial charge in [-0.2, -0.15) is 0 Å². The summed E-state index contributed by atoms with van der Waals surface area (Å²) in [6.45, 7) is 0. The molecule has 0 aromatic heterocycles. The fourth-order valence-electron chi connectivity index (χ4n) is 1.18. The summed E-state index contributed by atoms with van der Waals surface area (Å²) in [5, 5.41) is 15.5. The molecule has 0 heterocycles. The minimum Gasteiger partial charge on any atom is -0.497 e. The quantitative estimate of drug-likeness (QED) is 0.610. The van der Waals surface area contributed by atoms with E-state index in [1.54, 1.807) is 0 Å². The maximum Gasteiger partial charge on any atom is 0.277 e. The molecular formula is C8H10N2O5S. The molecule has 8 heteroatoms. The predicted octanol–water partition coefficient (Wildman–Crippen LogP) is 0.392. The van der Waals surface area contributed by atoms with E-state index in [0.717, 1.165) is 6.07 Å². The van der Waals surface area contributed by atoms with Gasteiger partial charge >= 0.3 is 0 Å². The number of methoxy groups -OCH3 is 1. The van der Waals surface area contributed by atoms with Crippen LogP contribution in [0, 0.1) is 10.1 Å². The first-order chi connectivity index (χ1) is 7.33. The highest BCUT2D eigenvalue weighted by molar-refractivity contribution is 7.88. The van der Waals surface area contributed by atoms with E-state index in [4.69, 9.17) is 9.88 Å². The summed E-state index contributed by atoms with van der Waals surface area (Å²) in [4.78, 5) is 10.0. The molecule has 7 nitrogen and oxygen atoms in total. The summed E-state index contributed by atoms with van der Waals surface area (Å²) < 4.78 is 26.5. The van der Waals surface area contributed by atoms with Crippen molar-refractivity contribution in [3.8, 4) is 5.75 Å². The van der Waals surface area contributed by atoms with Crippen molar-refractivity contribution in [2.45, 2.75) is 5.75 Å². The topological polar surface area (TPSA) is 113 Å². The molecule has 1 aromatic rings. The lowest BCUT2D eigenvalue weighted by atomic mass is 10.2. The van der Waals surface area contributed by atoms with Crippen LogP contribution < -0.4 is 9.88 Å². The van der Waals surface area contributed by atoms with Crippen molar-refractivity contribution in [2.75, 3.05) is 7.11 Å². The third kappa shape index (κ3) is 3.17. The van der Waals surface area contributed by atoms with E-state index in [-0.39, 0.29) is 17.0 Å². The number of primary sulfonamides is 1. The molecule has 0 saturated heterocycles. The average molecular weight is 246 g/mol. The second-order valence-electron chi connectivity index (χ2n) is 3.06. The van der Waals surface area contributed by atoms with Crippen molar-refractivity contribution in [3.63, 3.8) is 0 Å². The molecule has 1 rings (SSSR count). The van der Waals surface area contributed by atoms with Gasteiger partial charge in [-0.05, 0) is 12.1 Å². The van der Waals surface area contributed by atoms with Crippen molar-refractivity contribution in [3.05, 3.63) is 33.9 Å². The molecule has 0 atom stereocenters. The molecule has 2 N–H and O–H groups in total. The Bertz CT molecular complexity index is 511. The summed E-state index contributed by atoms with van der Waals surface area (Å²) in [6.07, 6.45) is 0. The molecule has 0 aliphatic rings. The molecule has 0 fully saturated rings. The van der Waals surface area contributed by atoms with Crippen LogP contribution in [-0.4, -0.2) is 20.5 Å². The van der Waals surface area contributed by atoms with Crippen molar-refractivity contribution in [1.29, 1.82) is 0 Å². The molecule has 0 aliphatic heterocycles. The third-order valence-corrected chi connectivity index (χ3v) is 2.56. The number of nitro groups is 1. The molecule has 16 heavy (non-hydrogen) atoms. The van der Waals surface area contributed by atoms with Crippen LogP contribution in [0.4, 0.5) is 5.69 Å². The fraction of sp³-hybridized carbons (Fsp3) is 0.250. The van der Waals surface area contributed by atoms with Crippen molar-refractivity contribution in [1.82, 2.24) is 0 Å². The Morgan fingerprint density at radius 3 is 2.56 bits per heavy atom. The number of sulfonamides is 1. The van der Waals surface area contributed by atoms with Gasteiger partial charge in [0.25, 0.3) is 5.69 Å². The van der Waals surface area contributed by atoms with E-state index in [0.29, 0.717) is 0 Å². The van der Waals surface area contributed by atoms with Crippen LogP contribution in [0.15, 0.2) is 18.2 Å². The first-order valence-electron chi connectivity index (χ1n) is 4.15. The Morgan fingerprint density at radius 1 is 1.50 bits per heavy atom. The standard InChI is InChI=1S/C8H10N2O5S/c1-15-7-3-2-6(5-16(9,13)14)8(4-7)10(11)12/h2-4H,5H2,1H3,(H2,9,13,14). The summed E-state index contributed by atoms with van der Waals surface area (Å²) in [6, 6.07) is 3.90. The Hall–Kier alpha value is -1.67. The van der Waals surface area contributed by atoms with Gasteiger partial charge in [0.2, 0.25) is 10.0 Å². The minimum atomic E-state index is -3.80. The van der Waals surface area contributed by atoms with E-state index in [2.05, 4.69) is 0 Å². The third-order valence-electron chi connectivity index (χ3n) is 1.85. The monoisotopic (exact) mass is 246 g/mol. The van der Waals surface area contributed by atoms with Gasteiger partial charge in [0.1, 0.15) is 5.75 Å². The number of hydrogen-bond acceptors (Lipinski definition) is 5. The van der Waals surface area contributed by atoms with E-state index in [1.807, 2.05) is 0 Å². The number of rotatable bonds is 4. The highest BCUT2D eigenvalue weighted by Crippen LogP contribution is 2.25. The number of nitrogens with two attached hydrogens (primary N) is 1. The van der Waals surface area contributed by atoms with Gasteiger partial charge in [0.15, 0.2) is 0 Å². The highest BCUT2D eigenvalue weighted by atomic mass is 32.2. The number of benzene rings is 1. The second kappa shape index (κ2) is 4.45. The molecule has 1 aromatic carbocycles. The summed E-state index contributed by atoms with van der Waals surface area (Å²) >= 11 is 0. The van der Waals surface area contributed by atoms with Gasteiger partial charge in [-0.25, -0.2) is 13.6 Å². The van der Waals surface area contributed by atoms with Crippen LogP contribution in [0.5, 0.6) is 5.75 Å². The van der Waals surface area contributed by atoms with Crippen LogP contribution in [0.25, 0.3) is 0 Å². The normalized spacial score (nSPS) is 11.1. The van der Waals surface area contributed by atoms with Crippen LogP contribution in [0.2, 0.25) is 0 Å². The number of ether oxygens (including phenoxy) is 1. The van der Waals surface area contributed by atoms with Crippen LogP contribution >= 0.6 is 0 Å². The van der Waals surface area contributed by atoms with Crippen LogP contribution in [0.3, 0.4) is 0 Å². The Kier molecular flexibility index (Phi) is 3.45. The largest absolute Gasteiger partial charge is 0.497 e. The zero-order chi connectivity index (χ0) is 12.3. The van der Waals surface area contributed by atoms with Gasteiger partial charge in [0, 0.05) is 5.56 Å². The molecule has 0 saturated carbocycles. The SMILES string of the molecule is COc1ccc(CS(N)(=O)=O)c([N+](=O)[O-])c1. The molecule has 0 amide bonds. The van der Waals surface area contributed by atoms with E-state index >= 15 is 0 Å². The van der Waals surface area contributed by atoms with Crippen molar-refractivity contribution < 1.29 is 18.1 Å². The summed E-state index contributed by atoms with van der Waals surface area (Å²) in [5.74, 6) is -0.294. The molecule has 0 bridgehead atoms. The smallest absolute Gasteiger partial charge is 0.277 e. The second-order valence-corrected chi connectivity index (χ2v) is 4.67. The Balaban J connectivity index is 3.23. The first kappa shape index (κ1) is 12.4. The van der Waals surface area contributed by atoms with Crippen molar-refractivity contribution in [2.24, 2.45) is 5.14 Å². The molecule has 0 aliphatic carbocycles. The van der Waals surface area contributed by atoms with Gasteiger partial charge in [0.05, 0.1) is 23.9 Å². The van der Waals surface area contributed by atoms with Crippen LogP contribution in [-0.2, 0) is 15.8 Å². The number of nitro benzene ring substituents is 1. The Labute approximate surface area is 92.0 Å². The molecule has 88 valence electrons. The lowest BCUT2D eigenvalue weighted by Crippen LogP contribution is -2.15. The minimum absolute atomic E-state index is 0.0355. The molecule has 0 radical (unpaired) electrons. The zero-order valence-electron chi connectivity index (χ0n) is 8.41. The zero-order valence-corrected chi connectivity index (χ0v) is 9.23. The van der Waals surface area contributed by atoms with E-state index in [1.165, 1.54) is 19.2 Å². The van der Waals surface area contributed by atoms with E-state index in [9.17, 15) is 18.5 Å². The van der Waals surface area contributed by atoms with Gasteiger partial charge < -0.3 is 4.74 Å². The maximum atomic E-state index is 10.9. The molecule has 0 spiro atoms. The number of nitrogens with zero attached hydrogens (tertiary/aromatic N) is 1. The van der Waals surface area contributed by atoms with Gasteiger partial charge in [-0.15, -0.1) is 0 Å². The van der Waals surface area contributed by atoms with Crippen LogP contribution in [0.1, 0.15) is 5.56 Å². The van der Waals surface area contributed by atoms with Gasteiger partial charge in [-0.3, -0.25) is 10.1 Å². The predicted molar refractivity (Wildman–Crippen MR) is 56.5 cm³/mol. The maximum absolute atomic E-state index is 10.9. The lowest BCUT2D eigenvalue weighted by molar-refractivity contribution is -0.385. The van der Waals surface area contributed by atoms with Gasteiger partial charge in [-0.1, -0.05) is 0 Å². The fourth-order valence-corrected chi connectivity index (χ4v) is 1.86. The number of hydrogen-bond donors (Lipinski definition) is 1. The van der Waals surface area contributed by atoms with E-state index < -0.39 is 20.7 Å². The summed E-state index contributed by atoms with van der Waals surface area (Å²) in [5.41, 5.74) is -0.290. The highest BCUT2D eigenvalue weighted by Gasteiger charge is 2.18. The molecule has 0 unspecified atom stereocenters. The lowest BCUT2D eigenvalue weighted by Gasteiger charge is -2.04. The summed E-state index contributed by atoms with van der Waals surface area (Å²) in [7, 11) is -2.44. The average Bonchev–Trinajstić information content (AvgIpc) is 2.15. The van der Waals surface area contributed by atoms with Crippen molar-refractivity contribution >= 4 is 15.7 Å².